The number of carboxylic acids is 1. The maximum atomic E-state index is 13.3. The molecule has 0 aliphatic heterocycles. The van der Waals surface area contributed by atoms with Gasteiger partial charge in [-0.1, -0.05) is 0 Å². The van der Waals surface area contributed by atoms with Crippen LogP contribution in [0.1, 0.15) is 50.6 Å². The van der Waals surface area contributed by atoms with Crippen LogP contribution in [0, 0.1) is 0 Å². The minimum Gasteiger partial charge on any atom is -0.480 e. The van der Waals surface area contributed by atoms with E-state index in [2.05, 4.69) is 30.9 Å². The van der Waals surface area contributed by atoms with Gasteiger partial charge >= 0.3 is 5.97 Å². The third-order valence-corrected chi connectivity index (χ3v) is 5.78. The summed E-state index contributed by atoms with van der Waals surface area (Å²) in [4.78, 5) is 72.3. The third kappa shape index (κ3) is 13.5. The molecule has 0 bridgehead atoms. The zero-order valence-corrected chi connectivity index (χ0v) is 22.3. The van der Waals surface area contributed by atoms with E-state index < -0.39 is 53.8 Å². The lowest BCUT2D eigenvalue weighted by molar-refractivity contribution is -0.142. The van der Waals surface area contributed by atoms with E-state index in [4.69, 9.17) is 28.7 Å². The first-order valence-corrected chi connectivity index (χ1v) is 12.8. The number of rotatable bonds is 20. The number of hydrogen-bond acceptors (Lipinski definition) is 9. The van der Waals surface area contributed by atoms with Crippen molar-refractivity contribution in [3.8, 4) is 0 Å². The summed E-state index contributed by atoms with van der Waals surface area (Å²) in [7, 11) is 0. The SMILES string of the molecule is NCCCCC(NC(=O)C(N)Cc1cnc[nH]1)C(=O)NC(CCCN=C(N)N)C(=O)NC(CCC(N)=O)C(=O)O. The van der Waals surface area contributed by atoms with Crippen LogP contribution >= 0.6 is 0 Å². The first kappa shape index (κ1) is 33.8. The molecule has 1 aromatic rings. The molecule has 17 nitrogen and oxygen atoms in total. The van der Waals surface area contributed by atoms with Crippen LogP contribution in [-0.2, 0) is 30.4 Å². The molecule has 17 heteroatoms. The van der Waals surface area contributed by atoms with Crippen LogP contribution in [0.3, 0.4) is 0 Å². The molecule has 1 heterocycles. The Labute approximate surface area is 231 Å². The predicted molar refractivity (Wildman–Crippen MR) is 145 cm³/mol. The van der Waals surface area contributed by atoms with Gasteiger partial charge in [-0.3, -0.25) is 24.2 Å². The molecule has 0 aliphatic rings. The van der Waals surface area contributed by atoms with Gasteiger partial charge in [0.1, 0.15) is 18.1 Å². The van der Waals surface area contributed by atoms with E-state index in [9.17, 15) is 29.1 Å². The summed E-state index contributed by atoms with van der Waals surface area (Å²) in [6.07, 6.45) is 4.22. The second kappa shape index (κ2) is 18.1. The van der Waals surface area contributed by atoms with E-state index in [1.807, 2.05) is 0 Å². The van der Waals surface area contributed by atoms with E-state index in [0.29, 0.717) is 25.1 Å². The minimum absolute atomic E-state index is 0.0410. The second-order valence-corrected chi connectivity index (χ2v) is 9.15. The van der Waals surface area contributed by atoms with Crippen molar-refractivity contribution in [3.63, 3.8) is 0 Å². The molecule has 4 unspecified atom stereocenters. The van der Waals surface area contributed by atoms with Crippen LogP contribution in [0.5, 0.6) is 0 Å². The summed E-state index contributed by atoms with van der Waals surface area (Å²) >= 11 is 0. The van der Waals surface area contributed by atoms with Gasteiger partial charge in [0.2, 0.25) is 23.6 Å². The molecule has 224 valence electrons. The van der Waals surface area contributed by atoms with Crippen molar-refractivity contribution in [1.29, 1.82) is 0 Å². The van der Waals surface area contributed by atoms with Crippen LogP contribution in [0.15, 0.2) is 17.5 Å². The molecule has 15 N–H and O–H groups in total. The highest BCUT2D eigenvalue weighted by Crippen LogP contribution is 2.07. The predicted octanol–water partition coefficient (Wildman–Crippen LogP) is -3.73. The van der Waals surface area contributed by atoms with Gasteiger partial charge < -0.3 is 54.7 Å². The number of nitrogens with one attached hydrogen (secondary N) is 4. The molecule has 0 saturated carbocycles. The van der Waals surface area contributed by atoms with Gasteiger partial charge in [0.15, 0.2) is 5.96 Å². The average molecular weight is 568 g/mol. The van der Waals surface area contributed by atoms with Crippen LogP contribution < -0.4 is 44.6 Å². The Morgan fingerprint density at radius 1 is 0.900 bits per heavy atom. The summed E-state index contributed by atoms with van der Waals surface area (Å²) < 4.78 is 0. The Kier molecular flexibility index (Phi) is 15.3. The highest BCUT2D eigenvalue weighted by molar-refractivity contribution is 5.94. The number of H-pyrrole nitrogens is 1. The number of aromatic nitrogens is 2. The number of nitrogens with two attached hydrogens (primary N) is 5. The normalized spacial score (nSPS) is 13.8. The summed E-state index contributed by atoms with van der Waals surface area (Å²) in [5, 5.41) is 17.0. The fraction of sp³-hybridized carbons (Fsp3) is 0.609. The molecule has 0 aromatic carbocycles. The summed E-state index contributed by atoms with van der Waals surface area (Å²) in [6.45, 7) is 0.518. The van der Waals surface area contributed by atoms with Crippen LogP contribution in [-0.4, -0.2) is 87.9 Å². The summed E-state index contributed by atoms with van der Waals surface area (Å²) in [5.74, 6) is -4.34. The van der Waals surface area contributed by atoms with Crippen LogP contribution in [0.25, 0.3) is 0 Å². The minimum atomic E-state index is -1.42. The van der Waals surface area contributed by atoms with Crippen LogP contribution in [0.4, 0.5) is 0 Å². The molecule has 0 spiro atoms. The number of hydrogen-bond donors (Lipinski definition) is 10. The molecule has 0 aliphatic carbocycles. The van der Waals surface area contributed by atoms with Gasteiger partial charge in [0.25, 0.3) is 0 Å². The van der Waals surface area contributed by atoms with E-state index in [-0.39, 0.29) is 51.0 Å². The molecule has 4 atom stereocenters. The molecule has 1 rings (SSSR count). The molecule has 0 radical (unpaired) electrons. The van der Waals surface area contributed by atoms with Crippen molar-refractivity contribution in [2.75, 3.05) is 13.1 Å². The Hall–Kier alpha value is -4.25. The largest absolute Gasteiger partial charge is 0.480 e. The van der Waals surface area contributed by atoms with Crippen molar-refractivity contribution in [1.82, 2.24) is 25.9 Å². The van der Waals surface area contributed by atoms with Gasteiger partial charge in [-0.25, -0.2) is 9.78 Å². The van der Waals surface area contributed by atoms with Gasteiger partial charge in [0.05, 0.1) is 12.4 Å². The number of aliphatic carboxylic acids is 1. The van der Waals surface area contributed by atoms with Crippen LogP contribution in [0.2, 0.25) is 0 Å². The molecule has 0 fully saturated rings. The number of imidazole rings is 1. The molecular weight excluding hydrogens is 526 g/mol. The number of amides is 4. The monoisotopic (exact) mass is 567 g/mol. The zero-order chi connectivity index (χ0) is 30.1. The Bertz CT molecular complexity index is 997. The van der Waals surface area contributed by atoms with Gasteiger partial charge in [-0.05, 0) is 45.1 Å². The van der Waals surface area contributed by atoms with Crippen molar-refractivity contribution in [2.24, 2.45) is 33.7 Å². The lowest BCUT2D eigenvalue weighted by Gasteiger charge is -2.25. The van der Waals surface area contributed by atoms with Crippen molar-refractivity contribution >= 4 is 35.6 Å². The number of unbranched alkanes of at least 4 members (excludes halogenated alkanes) is 1. The maximum absolute atomic E-state index is 13.3. The van der Waals surface area contributed by atoms with E-state index in [1.54, 1.807) is 0 Å². The molecule has 0 saturated heterocycles. The Morgan fingerprint density at radius 2 is 1.50 bits per heavy atom. The molecule has 1 aromatic heterocycles. The number of aliphatic imine (C=N–C) groups is 1. The smallest absolute Gasteiger partial charge is 0.326 e. The fourth-order valence-corrected chi connectivity index (χ4v) is 3.63. The highest BCUT2D eigenvalue weighted by Gasteiger charge is 2.30. The maximum Gasteiger partial charge on any atom is 0.326 e. The lowest BCUT2D eigenvalue weighted by atomic mass is 10.0. The number of aromatic amines is 1. The number of guanidine groups is 1. The standard InChI is InChI=1S/C23H41N11O6/c24-8-2-1-4-15(32-19(36)14(25)10-13-11-29-12-31-13)20(37)33-16(5-3-9-30-23(27)28)21(38)34-17(22(39)40)6-7-18(26)35/h11-12,14-17H,1-10,24-25H2,(H2,26,35)(H,29,31)(H,32,36)(H,33,37)(H,34,38)(H,39,40)(H4,27,28,30). The van der Waals surface area contributed by atoms with Crippen molar-refractivity contribution in [3.05, 3.63) is 18.2 Å². The highest BCUT2D eigenvalue weighted by atomic mass is 16.4. The number of carboxylic acid groups (broad SMARTS) is 1. The first-order chi connectivity index (χ1) is 18.9. The zero-order valence-electron chi connectivity index (χ0n) is 22.3. The van der Waals surface area contributed by atoms with E-state index >= 15 is 0 Å². The third-order valence-electron chi connectivity index (χ3n) is 5.78. The quantitative estimate of drug-likeness (QED) is 0.0414. The number of carbonyl (C=O) groups excluding carboxylic acids is 4. The van der Waals surface area contributed by atoms with E-state index in [0.717, 1.165) is 0 Å². The topological polar surface area (TPSA) is 313 Å². The fourth-order valence-electron chi connectivity index (χ4n) is 3.63. The summed E-state index contributed by atoms with van der Waals surface area (Å²) in [5.41, 5.74) is 28.0. The summed E-state index contributed by atoms with van der Waals surface area (Å²) in [6, 6.07) is -4.65. The molecular formula is C23H41N11O6. The van der Waals surface area contributed by atoms with Gasteiger partial charge in [-0.2, -0.15) is 0 Å². The van der Waals surface area contributed by atoms with Crippen molar-refractivity contribution in [2.45, 2.75) is 75.5 Å². The number of primary amides is 1. The first-order valence-electron chi connectivity index (χ1n) is 12.8. The average Bonchev–Trinajstić information content (AvgIpc) is 3.39. The lowest BCUT2D eigenvalue weighted by Crippen LogP contribution is -2.57. The van der Waals surface area contributed by atoms with Crippen molar-refractivity contribution < 1.29 is 29.1 Å². The number of carbonyl (C=O) groups is 5. The Balaban J connectivity index is 3.02. The molecule has 4 amide bonds. The van der Waals surface area contributed by atoms with Gasteiger partial charge in [-0.15, -0.1) is 0 Å². The second-order valence-electron chi connectivity index (χ2n) is 9.15. The number of nitrogens with zero attached hydrogens (tertiary/aromatic N) is 2. The Morgan fingerprint density at radius 3 is 2.02 bits per heavy atom. The molecule has 40 heavy (non-hydrogen) atoms. The van der Waals surface area contributed by atoms with E-state index in [1.165, 1.54) is 12.5 Å². The van der Waals surface area contributed by atoms with Gasteiger partial charge in [0, 0.05) is 31.3 Å².